The molecule has 0 aliphatic heterocycles. The Morgan fingerprint density at radius 3 is 2.27 bits per heavy atom. The number of hydrazine groups is 1. The Balaban J connectivity index is 2.04. The molecular formula is C23H21Cl3N4O3. The van der Waals surface area contributed by atoms with Crippen LogP contribution in [0.5, 0.6) is 0 Å². The SMILES string of the molecule is Cc1cc(=O)c(C(=O)N(NC(=O)c2ccc(Cl)cc2Cl)C(C)(C)C)nn1-c1ccccc1Cl. The normalized spacial score (nSPS) is 11.2. The molecule has 0 bridgehead atoms. The molecule has 3 rings (SSSR count). The van der Waals surface area contributed by atoms with Gasteiger partial charge in [0.05, 0.1) is 26.8 Å². The summed E-state index contributed by atoms with van der Waals surface area (Å²) in [6.07, 6.45) is 0. The standard InChI is InChI=1S/C23H21Cl3N4O3/c1-13-11-19(31)20(27-29(13)18-8-6-5-7-16(18)25)22(33)30(23(2,3)4)28-21(32)15-10-9-14(24)12-17(15)26/h5-12H,1-4H3,(H,28,32). The van der Waals surface area contributed by atoms with E-state index in [4.69, 9.17) is 34.8 Å². The maximum Gasteiger partial charge on any atom is 0.297 e. The Morgan fingerprint density at radius 1 is 1.00 bits per heavy atom. The average Bonchev–Trinajstić information content (AvgIpc) is 2.71. The summed E-state index contributed by atoms with van der Waals surface area (Å²) in [5, 5.41) is 6.21. The molecule has 1 N–H and O–H groups in total. The van der Waals surface area contributed by atoms with Crippen molar-refractivity contribution in [1.82, 2.24) is 20.2 Å². The highest BCUT2D eigenvalue weighted by atomic mass is 35.5. The highest BCUT2D eigenvalue weighted by molar-refractivity contribution is 6.36. The second-order valence-electron chi connectivity index (χ2n) is 8.24. The summed E-state index contributed by atoms with van der Waals surface area (Å²) >= 11 is 18.3. The largest absolute Gasteiger partial charge is 0.297 e. The zero-order valence-corrected chi connectivity index (χ0v) is 20.6. The van der Waals surface area contributed by atoms with Gasteiger partial charge in [-0.15, -0.1) is 0 Å². The van der Waals surface area contributed by atoms with Crippen LogP contribution in [-0.2, 0) is 0 Å². The number of para-hydroxylation sites is 1. The third-order valence-electron chi connectivity index (χ3n) is 4.65. The molecule has 0 unspecified atom stereocenters. The highest BCUT2D eigenvalue weighted by Gasteiger charge is 2.33. The van der Waals surface area contributed by atoms with Gasteiger partial charge in [-0.05, 0) is 58.0 Å². The van der Waals surface area contributed by atoms with Crippen molar-refractivity contribution in [2.24, 2.45) is 0 Å². The number of carbonyl (C=O) groups is 2. The number of halogens is 3. The number of rotatable bonds is 3. The molecule has 0 atom stereocenters. The molecule has 3 aromatic rings. The summed E-state index contributed by atoms with van der Waals surface area (Å²) in [5.74, 6) is -1.43. The Bertz CT molecular complexity index is 1300. The Labute approximate surface area is 205 Å². The van der Waals surface area contributed by atoms with Crippen molar-refractivity contribution in [2.75, 3.05) is 0 Å². The molecule has 0 fully saturated rings. The second-order valence-corrected chi connectivity index (χ2v) is 9.49. The minimum atomic E-state index is -0.903. The first-order valence-electron chi connectivity index (χ1n) is 9.86. The monoisotopic (exact) mass is 506 g/mol. The maximum atomic E-state index is 13.4. The van der Waals surface area contributed by atoms with E-state index >= 15 is 0 Å². The fraction of sp³-hybridized carbons (Fsp3) is 0.217. The number of nitrogens with zero attached hydrogens (tertiary/aromatic N) is 3. The third-order valence-corrected chi connectivity index (χ3v) is 5.52. The molecule has 0 saturated carbocycles. The van der Waals surface area contributed by atoms with E-state index in [1.165, 1.54) is 28.9 Å². The maximum absolute atomic E-state index is 13.4. The van der Waals surface area contributed by atoms with Crippen LogP contribution in [0.25, 0.3) is 5.69 Å². The van der Waals surface area contributed by atoms with E-state index < -0.39 is 22.8 Å². The van der Waals surface area contributed by atoms with Crippen molar-refractivity contribution < 1.29 is 9.59 Å². The number of hydrogen-bond acceptors (Lipinski definition) is 4. The molecule has 172 valence electrons. The van der Waals surface area contributed by atoms with Gasteiger partial charge in [0.15, 0.2) is 5.69 Å². The van der Waals surface area contributed by atoms with E-state index in [1.54, 1.807) is 52.0 Å². The van der Waals surface area contributed by atoms with Gasteiger partial charge in [0.2, 0.25) is 5.43 Å². The summed E-state index contributed by atoms with van der Waals surface area (Å²) in [7, 11) is 0. The number of benzene rings is 2. The van der Waals surface area contributed by atoms with Gasteiger partial charge in [0.25, 0.3) is 11.8 Å². The number of amides is 2. The van der Waals surface area contributed by atoms with Crippen LogP contribution in [0, 0.1) is 6.92 Å². The van der Waals surface area contributed by atoms with Crippen LogP contribution in [0.15, 0.2) is 53.3 Å². The molecule has 0 spiro atoms. The Kier molecular flexibility index (Phi) is 7.17. The molecular weight excluding hydrogens is 487 g/mol. The van der Waals surface area contributed by atoms with Gasteiger partial charge in [-0.1, -0.05) is 46.9 Å². The number of aromatic nitrogens is 2. The summed E-state index contributed by atoms with van der Waals surface area (Å²) < 4.78 is 1.41. The van der Waals surface area contributed by atoms with Gasteiger partial charge in [0, 0.05) is 16.8 Å². The van der Waals surface area contributed by atoms with Crippen molar-refractivity contribution >= 4 is 46.6 Å². The van der Waals surface area contributed by atoms with Crippen LogP contribution in [0.4, 0.5) is 0 Å². The lowest BCUT2D eigenvalue weighted by Crippen LogP contribution is -2.57. The molecule has 0 radical (unpaired) electrons. The van der Waals surface area contributed by atoms with Crippen molar-refractivity contribution in [3.63, 3.8) is 0 Å². The van der Waals surface area contributed by atoms with E-state index in [0.717, 1.165) is 5.01 Å². The fourth-order valence-corrected chi connectivity index (χ4v) is 3.74. The number of nitrogens with one attached hydrogen (secondary N) is 1. The van der Waals surface area contributed by atoms with Gasteiger partial charge >= 0.3 is 0 Å². The number of hydrogen-bond donors (Lipinski definition) is 1. The quantitative estimate of drug-likeness (QED) is 0.501. The van der Waals surface area contributed by atoms with Gasteiger partial charge in [-0.25, -0.2) is 9.69 Å². The smallest absolute Gasteiger partial charge is 0.287 e. The first-order valence-corrected chi connectivity index (χ1v) is 11.0. The first-order chi connectivity index (χ1) is 15.4. The molecule has 7 nitrogen and oxygen atoms in total. The van der Waals surface area contributed by atoms with Gasteiger partial charge in [-0.3, -0.25) is 19.8 Å². The lowest BCUT2D eigenvalue weighted by molar-refractivity contribution is 0.0351. The molecule has 0 aliphatic carbocycles. The molecule has 2 amide bonds. The van der Waals surface area contributed by atoms with E-state index in [9.17, 15) is 14.4 Å². The number of carbonyl (C=O) groups excluding carboxylic acids is 2. The van der Waals surface area contributed by atoms with Crippen LogP contribution in [-0.4, -0.2) is 32.1 Å². The summed E-state index contributed by atoms with van der Waals surface area (Å²) in [5.41, 5.74) is 1.79. The zero-order chi connectivity index (χ0) is 24.5. The molecule has 2 aromatic carbocycles. The van der Waals surface area contributed by atoms with E-state index in [-0.39, 0.29) is 16.3 Å². The van der Waals surface area contributed by atoms with Crippen LogP contribution < -0.4 is 10.9 Å². The average molecular weight is 508 g/mol. The van der Waals surface area contributed by atoms with Crippen LogP contribution in [0.3, 0.4) is 0 Å². The van der Waals surface area contributed by atoms with Gasteiger partial charge < -0.3 is 0 Å². The minimum absolute atomic E-state index is 0.119. The summed E-state index contributed by atoms with van der Waals surface area (Å²) in [6, 6.07) is 12.6. The fourth-order valence-electron chi connectivity index (χ4n) is 3.03. The summed E-state index contributed by atoms with van der Waals surface area (Å²) in [6.45, 7) is 6.79. The lowest BCUT2D eigenvalue weighted by atomic mass is 10.1. The Hall–Kier alpha value is -2.87. The summed E-state index contributed by atoms with van der Waals surface area (Å²) in [4.78, 5) is 39.1. The van der Waals surface area contributed by atoms with Crippen molar-refractivity contribution in [3.8, 4) is 5.69 Å². The Morgan fingerprint density at radius 2 is 1.67 bits per heavy atom. The van der Waals surface area contributed by atoms with E-state index in [2.05, 4.69) is 10.5 Å². The molecule has 10 heteroatoms. The zero-order valence-electron chi connectivity index (χ0n) is 18.3. The van der Waals surface area contributed by atoms with Crippen molar-refractivity contribution in [2.45, 2.75) is 33.2 Å². The van der Waals surface area contributed by atoms with E-state index in [1.807, 2.05) is 0 Å². The predicted molar refractivity (Wildman–Crippen MR) is 129 cm³/mol. The number of aryl methyl sites for hydroxylation is 1. The highest BCUT2D eigenvalue weighted by Crippen LogP contribution is 2.23. The second kappa shape index (κ2) is 9.55. The molecule has 0 aliphatic rings. The predicted octanol–water partition coefficient (Wildman–Crippen LogP) is 5.09. The molecule has 0 saturated heterocycles. The van der Waals surface area contributed by atoms with Crippen LogP contribution in [0.2, 0.25) is 15.1 Å². The van der Waals surface area contributed by atoms with Crippen LogP contribution in [0.1, 0.15) is 47.3 Å². The molecule has 1 aromatic heterocycles. The lowest BCUT2D eigenvalue weighted by Gasteiger charge is -2.35. The van der Waals surface area contributed by atoms with Crippen molar-refractivity contribution in [3.05, 3.63) is 90.8 Å². The van der Waals surface area contributed by atoms with E-state index in [0.29, 0.717) is 21.4 Å². The first kappa shape index (κ1) is 24.8. The minimum Gasteiger partial charge on any atom is -0.287 e. The molecule has 1 heterocycles. The van der Waals surface area contributed by atoms with Gasteiger partial charge in [0.1, 0.15) is 0 Å². The molecule has 33 heavy (non-hydrogen) atoms. The van der Waals surface area contributed by atoms with Crippen LogP contribution >= 0.6 is 34.8 Å². The van der Waals surface area contributed by atoms with Crippen molar-refractivity contribution in [1.29, 1.82) is 0 Å². The third kappa shape index (κ3) is 5.38. The van der Waals surface area contributed by atoms with Gasteiger partial charge in [-0.2, -0.15) is 5.10 Å². The topological polar surface area (TPSA) is 84.3 Å².